The summed E-state index contributed by atoms with van der Waals surface area (Å²) in [6, 6.07) is 12.4. The smallest absolute Gasteiger partial charge is 0.325 e. The van der Waals surface area contributed by atoms with Gasteiger partial charge in [0.2, 0.25) is 0 Å². The molecular weight excluding hydrogens is 478 g/mol. The Balaban J connectivity index is 1.30. The van der Waals surface area contributed by atoms with E-state index in [9.17, 15) is 4.79 Å². The Morgan fingerprint density at radius 2 is 1.87 bits per heavy atom. The molecule has 3 aliphatic heterocycles. The summed E-state index contributed by atoms with van der Waals surface area (Å²) in [6.45, 7) is 8.16. The van der Waals surface area contributed by atoms with Gasteiger partial charge >= 0.3 is 6.03 Å². The number of methoxy groups -OCH3 is 2. The van der Waals surface area contributed by atoms with E-state index in [1.54, 1.807) is 14.2 Å². The molecule has 4 heterocycles. The van der Waals surface area contributed by atoms with Gasteiger partial charge in [0, 0.05) is 49.9 Å². The maximum atomic E-state index is 13.9. The average molecular weight is 516 g/mol. The zero-order valence-electron chi connectivity index (χ0n) is 23.0. The van der Waals surface area contributed by atoms with Crippen molar-refractivity contribution >= 4 is 17.1 Å². The third kappa shape index (κ3) is 3.68. The first-order valence-corrected chi connectivity index (χ1v) is 13.6. The number of piperidine rings is 1. The van der Waals surface area contributed by atoms with E-state index < -0.39 is 0 Å². The van der Waals surface area contributed by atoms with Crippen molar-refractivity contribution < 1.29 is 14.3 Å². The Morgan fingerprint density at radius 1 is 1.11 bits per heavy atom. The van der Waals surface area contributed by atoms with Crippen LogP contribution in [0.15, 0.2) is 48.2 Å². The number of likely N-dealkylation sites (N-methyl/N-ethyl adjacent to an activating group) is 1. The Labute approximate surface area is 224 Å². The highest BCUT2D eigenvalue weighted by Gasteiger charge is 2.54. The normalized spacial score (nSPS) is 20.9. The number of urea groups is 1. The SMILES string of the molecule is CCN1C(=O)N2Cc3cc(OC)cc(OC)c3C(C)C=C2C12CCN(Cc1nc3ccccc3n1C)CC2. The molecule has 2 amide bonds. The predicted octanol–water partition coefficient (Wildman–Crippen LogP) is 4.88. The second kappa shape index (κ2) is 9.34. The van der Waals surface area contributed by atoms with Crippen molar-refractivity contribution in [3.63, 3.8) is 0 Å². The number of aryl methyl sites for hydroxylation is 1. The van der Waals surface area contributed by atoms with Gasteiger partial charge in [0.15, 0.2) is 0 Å². The summed E-state index contributed by atoms with van der Waals surface area (Å²) in [7, 11) is 5.47. The molecule has 2 saturated heterocycles. The summed E-state index contributed by atoms with van der Waals surface area (Å²) in [5, 5.41) is 0. The van der Waals surface area contributed by atoms with Crippen molar-refractivity contribution in [3.05, 3.63) is 65.1 Å². The van der Waals surface area contributed by atoms with Crippen LogP contribution in [0.2, 0.25) is 0 Å². The lowest BCUT2D eigenvalue weighted by Gasteiger charge is -2.44. The highest BCUT2D eigenvalue weighted by atomic mass is 16.5. The highest BCUT2D eigenvalue weighted by Crippen LogP contribution is 2.49. The summed E-state index contributed by atoms with van der Waals surface area (Å²) in [4.78, 5) is 25.4. The number of imidazole rings is 1. The van der Waals surface area contributed by atoms with E-state index in [2.05, 4.69) is 65.6 Å². The Kier molecular flexibility index (Phi) is 6.10. The summed E-state index contributed by atoms with van der Waals surface area (Å²) in [5.41, 5.74) is 5.28. The molecule has 3 aliphatic rings. The molecule has 38 heavy (non-hydrogen) atoms. The van der Waals surface area contributed by atoms with Crippen LogP contribution in [-0.4, -0.2) is 69.7 Å². The van der Waals surface area contributed by atoms with Crippen LogP contribution < -0.4 is 9.47 Å². The number of carbonyl (C=O) groups is 1. The second-order valence-electron chi connectivity index (χ2n) is 10.7. The van der Waals surface area contributed by atoms with Gasteiger partial charge in [-0.2, -0.15) is 0 Å². The number of likely N-dealkylation sites (tertiary alicyclic amines) is 1. The van der Waals surface area contributed by atoms with Crippen LogP contribution in [-0.2, 0) is 20.1 Å². The van der Waals surface area contributed by atoms with Gasteiger partial charge < -0.3 is 18.9 Å². The maximum absolute atomic E-state index is 13.9. The molecule has 8 nitrogen and oxygen atoms in total. The van der Waals surface area contributed by atoms with Gasteiger partial charge in [0.05, 0.1) is 43.9 Å². The largest absolute Gasteiger partial charge is 0.497 e. The van der Waals surface area contributed by atoms with Crippen molar-refractivity contribution in [2.75, 3.05) is 33.9 Å². The van der Waals surface area contributed by atoms with Gasteiger partial charge in [-0.25, -0.2) is 9.78 Å². The van der Waals surface area contributed by atoms with E-state index >= 15 is 0 Å². The zero-order valence-corrected chi connectivity index (χ0v) is 23.0. The second-order valence-corrected chi connectivity index (χ2v) is 10.7. The molecule has 2 aromatic carbocycles. The highest BCUT2D eigenvalue weighted by molar-refractivity contribution is 5.83. The van der Waals surface area contributed by atoms with Crippen LogP contribution in [0, 0.1) is 0 Å². The van der Waals surface area contributed by atoms with E-state index in [0.717, 1.165) is 77.7 Å². The number of carbonyl (C=O) groups excluding carboxylic acids is 1. The van der Waals surface area contributed by atoms with E-state index in [1.165, 1.54) is 0 Å². The number of ether oxygens (including phenoxy) is 2. The predicted molar refractivity (Wildman–Crippen MR) is 147 cm³/mol. The molecule has 3 aromatic rings. The molecular formula is C30H37N5O3. The standard InChI is InChI=1S/C30H37N5O3/c1-6-35-29(36)34-18-21-16-22(37-4)17-25(38-5)28(21)20(2)15-26(34)30(35)11-13-33(14-12-30)19-27-31-23-9-7-8-10-24(23)32(27)3/h7-10,15-17,20H,6,11-14,18-19H2,1-5H3. The summed E-state index contributed by atoms with van der Waals surface area (Å²) >= 11 is 0. The van der Waals surface area contributed by atoms with Gasteiger partial charge in [-0.05, 0) is 43.5 Å². The van der Waals surface area contributed by atoms with Crippen LogP contribution in [0.3, 0.4) is 0 Å². The van der Waals surface area contributed by atoms with Crippen molar-refractivity contribution in [2.45, 2.75) is 51.2 Å². The summed E-state index contributed by atoms with van der Waals surface area (Å²) in [6.07, 6.45) is 4.13. The molecule has 2 fully saturated rings. The van der Waals surface area contributed by atoms with Crippen LogP contribution in [0.5, 0.6) is 11.5 Å². The number of amides is 2. The molecule has 8 heteroatoms. The Hall–Kier alpha value is -3.52. The quantitative estimate of drug-likeness (QED) is 0.485. The van der Waals surface area contributed by atoms with E-state index in [-0.39, 0.29) is 17.5 Å². The summed E-state index contributed by atoms with van der Waals surface area (Å²) < 4.78 is 13.5. The molecule has 0 bridgehead atoms. The van der Waals surface area contributed by atoms with Crippen molar-refractivity contribution in [2.24, 2.45) is 7.05 Å². The van der Waals surface area contributed by atoms with Crippen LogP contribution in [0.25, 0.3) is 11.0 Å². The monoisotopic (exact) mass is 515 g/mol. The molecule has 0 aliphatic carbocycles. The van der Waals surface area contributed by atoms with Gasteiger partial charge in [0.1, 0.15) is 17.3 Å². The zero-order chi connectivity index (χ0) is 26.6. The van der Waals surface area contributed by atoms with E-state index in [1.807, 2.05) is 17.0 Å². The fourth-order valence-electron chi connectivity index (χ4n) is 6.88. The fraction of sp³-hybridized carbons (Fsp3) is 0.467. The van der Waals surface area contributed by atoms with Gasteiger partial charge in [-0.3, -0.25) is 9.80 Å². The molecule has 0 saturated carbocycles. The van der Waals surface area contributed by atoms with Crippen molar-refractivity contribution in [1.29, 1.82) is 0 Å². The van der Waals surface area contributed by atoms with Gasteiger partial charge in [-0.1, -0.05) is 25.1 Å². The van der Waals surface area contributed by atoms with Gasteiger partial charge in [-0.15, -0.1) is 0 Å². The lowest BCUT2D eigenvalue weighted by atomic mass is 9.82. The molecule has 0 N–H and O–H groups in total. The lowest BCUT2D eigenvalue weighted by Crippen LogP contribution is -2.53. The third-order valence-corrected chi connectivity index (χ3v) is 8.84. The number of hydrogen-bond donors (Lipinski definition) is 0. The number of nitrogens with zero attached hydrogens (tertiary/aromatic N) is 5. The molecule has 200 valence electrons. The van der Waals surface area contributed by atoms with E-state index in [4.69, 9.17) is 14.5 Å². The lowest BCUT2D eigenvalue weighted by molar-refractivity contribution is 0.0871. The number of aromatic nitrogens is 2. The topological polar surface area (TPSA) is 63.1 Å². The number of para-hydroxylation sites is 2. The third-order valence-electron chi connectivity index (χ3n) is 8.84. The number of allylic oxidation sites excluding steroid dienone is 1. The van der Waals surface area contributed by atoms with Crippen LogP contribution >= 0.6 is 0 Å². The Bertz CT molecular complexity index is 1420. The maximum Gasteiger partial charge on any atom is 0.325 e. The van der Waals surface area contributed by atoms with Crippen LogP contribution in [0.4, 0.5) is 4.79 Å². The molecule has 1 aromatic heterocycles. The van der Waals surface area contributed by atoms with Crippen LogP contribution in [0.1, 0.15) is 49.6 Å². The minimum Gasteiger partial charge on any atom is -0.497 e. The average Bonchev–Trinajstić information content (AvgIpc) is 3.28. The molecule has 1 unspecified atom stereocenters. The minimum absolute atomic E-state index is 0.101. The first kappa shape index (κ1) is 24.8. The molecule has 6 rings (SSSR count). The first-order valence-electron chi connectivity index (χ1n) is 13.6. The fourth-order valence-corrected chi connectivity index (χ4v) is 6.88. The van der Waals surface area contributed by atoms with Crippen molar-refractivity contribution in [1.82, 2.24) is 24.3 Å². The van der Waals surface area contributed by atoms with Gasteiger partial charge in [0.25, 0.3) is 0 Å². The number of rotatable bonds is 5. The minimum atomic E-state index is -0.289. The van der Waals surface area contributed by atoms with Crippen molar-refractivity contribution in [3.8, 4) is 11.5 Å². The summed E-state index contributed by atoms with van der Waals surface area (Å²) in [5.74, 6) is 2.76. The first-order chi connectivity index (χ1) is 18.4. The molecule has 1 spiro atoms. The Morgan fingerprint density at radius 3 is 2.55 bits per heavy atom. The number of hydrogen-bond acceptors (Lipinski definition) is 5. The molecule has 0 radical (unpaired) electrons. The number of fused-ring (bicyclic) bond motifs is 4. The molecule has 1 atom stereocenters. The number of benzene rings is 2. The van der Waals surface area contributed by atoms with E-state index in [0.29, 0.717) is 13.1 Å².